The normalized spacial score (nSPS) is 31.7. The fourth-order valence-corrected chi connectivity index (χ4v) is 5.11. The molecule has 18 heavy (non-hydrogen) atoms. The van der Waals surface area contributed by atoms with E-state index in [-0.39, 0.29) is 11.3 Å². The highest BCUT2D eigenvalue weighted by atomic mass is 32.2. The monoisotopic (exact) mass is 274 g/mol. The van der Waals surface area contributed by atoms with Crippen LogP contribution < -0.4 is 5.73 Å². The third-order valence-electron chi connectivity index (χ3n) is 4.31. The van der Waals surface area contributed by atoms with Gasteiger partial charge in [-0.25, -0.2) is 8.42 Å². The summed E-state index contributed by atoms with van der Waals surface area (Å²) in [4.78, 5) is 2.39. The van der Waals surface area contributed by atoms with E-state index in [4.69, 9.17) is 5.73 Å². The van der Waals surface area contributed by atoms with Gasteiger partial charge >= 0.3 is 0 Å². The molecule has 0 bridgehead atoms. The summed E-state index contributed by atoms with van der Waals surface area (Å²) in [6.45, 7) is 4.64. The van der Waals surface area contributed by atoms with Crippen LogP contribution in [-0.2, 0) is 9.84 Å². The molecule has 1 unspecified atom stereocenters. The molecule has 0 amide bonds. The maximum Gasteiger partial charge on any atom is 0.152 e. The highest BCUT2D eigenvalue weighted by Crippen LogP contribution is 2.35. The summed E-state index contributed by atoms with van der Waals surface area (Å²) in [7, 11) is -2.90. The molecule has 2 rings (SSSR count). The van der Waals surface area contributed by atoms with Crippen LogP contribution in [0.25, 0.3) is 0 Å². The van der Waals surface area contributed by atoms with Gasteiger partial charge in [0.25, 0.3) is 0 Å². The van der Waals surface area contributed by atoms with Crippen molar-refractivity contribution in [1.82, 2.24) is 4.90 Å². The maximum atomic E-state index is 12.0. The van der Waals surface area contributed by atoms with Crippen LogP contribution >= 0.6 is 0 Å². The number of rotatable bonds is 6. The van der Waals surface area contributed by atoms with E-state index in [1.807, 2.05) is 0 Å². The van der Waals surface area contributed by atoms with Crippen LogP contribution in [0.4, 0.5) is 0 Å². The molecule has 0 aromatic carbocycles. The molecule has 2 aliphatic rings. The third kappa shape index (κ3) is 3.25. The number of sulfone groups is 1. The molecule has 106 valence electrons. The second kappa shape index (κ2) is 5.47. The average molecular weight is 274 g/mol. The van der Waals surface area contributed by atoms with Crippen LogP contribution in [0.1, 0.15) is 39.0 Å². The van der Waals surface area contributed by atoms with Crippen molar-refractivity contribution in [3.05, 3.63) is 0 Å². The average Bonchev–Trinajstić information content (AvgIpc) is 3.11. The zero-order valence-electron chi connectivity index (χ0n) is 11.4. The minimum absolute atomic E-state index is 0.267. The molecule has 1 saturated heterocycles. The second-order valence-corrected chi connectivity index (χ2v) is 8.20. The zero-order valence-corrected chi connectivity index (χ0v) is 12.2. The van der Waals surface area contributed by atoms with E-state index in [0.717, 1.165) is 38.3 Å². The Bertz CT molecular complexity index is 378. The lowest BCUT2D eigenvalue weighted by Crippen LogP contribution is -2.60. The predicted molar refractivity (Wildman–Crippen MR) is 74.3 cm³/mol. The Hall–Kier alpha value is -0.130. The first kappa shape index (κ1) is 14.3. The largest absolute Gasteiger partial charge is 0.329 e. The molecule has 1 atom stereocenters. The Kier molecular flexibility index (Phi) is 4.34. The maximum absolute atomic E-state index is 12.0. The van der Waals surface area contributed by atoms with Crippen LogP contribution in [0.3, 0.4) is 0 Å². The van der Waals surface area contributed by atoms with Gasteiger partial charge in [-0.05, 0) is 44.6 Å². The van der Waals surface area contributed by atoms with E-state index in [1.165, 1.54) is 12.8 Å². The van der Waals surface area contributed by atoms with E-state index >= 15 is 0 Å². The number of nitrogens with zero attached hydrogens (tertiary/aromatic N) is 1. The molecule has 0 aromatic rings. The van der Waals surface area contributed by atoms with Gasteiger partial charge < -0.3 is 5.73 Å². The molecule has 0 radical (unpaired) electrons. The van der Waals surface area contributed by atoms with Crippen LogP contribution in [-0.4, -0.2) is 50.0 Å². The van der Waals surface area contributed by atoms with Crippen molar-refractivity contribution in [2.45, 2.75) is 44.6 Å². The Morgan fingerprint density at radius 2 is 2.11 bits per heavy atom. The van der Waals surface area contributed by atoms with Crippen molar-refractivity contribution in [2.75, 3.05) is 31.1 Å². The van der Waals surface area contributed by atoms with Gasteiger partial charge in [-0.1, -0.05) is 6.92 Å². The zero-order chi connectivity index (χ0) is 13.2. The summed E-state index contributed by atoms with van der Waals surface area (Å²) < 4.78 is 23.9. The SMILES string of the molecule is CCCN(CC1CC1)C1(CN)CCCS(=O)(=O)C1. The first-order valence-corrected chi connectivity index (χ1v) is 8.99. The first-order valence-electron chi connectivity index (χ1n) is 7.17. The highest BCUT2D eigenvalue weighted by Gasteiger charge is 2.43. The van der Waals surface area contributed by atoms with E-state index in [0.29, 0.717) is 12.3 Å². The number of hydrogen-bond acceptors (Lipinski definition) is 4. The predicted octanol–water partition coefficient (Wildman–Crippen LogP) is 1.01. The number of nitrogens with two attached hydrogens (primary N) is 1. The lowest BCUT2D eigenvalue weighted by molar-refractivity contribution is 0.0938. The molecule has 1 heterocycles. The molecule has 1 aliphatic heterocycles. The topological polar surface area (TPSA) is 63.4 Å². The fraction of sp³-hybridized carbons (Fsp3) is 1.00. The summed E-state index contributed by atoms with van der Waals surface area (Å²) >= 11 is 0. The number of hydrogen-bond donors (Lipinski definition) is 1. The van der Waals surface area contributed by atoms with E-state index in [2.05, 4.69) is 11.8 Å². The van der Waals surface area contributed by atoms with Gasteiger partial charge in [0.15, 0.2) is 9.84 Å². The molecule has 0 aromatic heterocycles. The quantitative estimate of drug-likeness (QED) is 0.785. The smallest absolute Gasteiger partial charge is 0.152 e. The van der Waals surface area contributed by atoms with Crippen LogP contribution in [0.2, 0.25) is 0 Å². The van der Waals surface area contributed by atoms with Gasteiger partial charge in [-0.3, -0.25) is 4.90 Å². The molecule has 1 aliphatic carbocycles. The summed E-state index contributed by atoms with van der Waals surface area (Å²) in [5.74, 6) is 1.39. The van der Waals surface area contributed by atoms with Gasteiger partial charge in [0.2, 0.25) is 0 Å². The molecule has 2 N–H and O–H groups in total. The van der Waals surface area contributed by atoms with Crippen molar-refractivity contribution in [3.63, 3.8) is 0 Å². The molecule has 1 saturated carbocycles. The molecular weight excluding hydrogens is 248 g/mol. The summed E-state index contributed by atoms with van der Waals surface area (Å²) in [6.07, 6.45) is 5.37. The fourth-order valence-electron chi connectivity index (χ4n) is 3.12. The standard InChI is InChI=1S/C13H26N2O2S/c1-2-7-15(9-12-4-5-12)13(10-14)6-3-8-18(16,17)11-13/h12H,2-11,14H2,1H3. The van der Waals surface area contributed by atoms with Gasteiger partial charge in [0.05, 0.1) is 11.5 Å². The Morgan fingerprint density at radius 1 is 1.39 bits per heavy atom. The summed E-state index contributed by atoms with van der Waals surface area (Å²) in [5.41, 5.74) is 5.70. The van der Waals surface area contributed by atoms with Crippen molar-refractivity contribution in [1.29, 1.82) is 0 Å². The second-order valence-electron chi connectivity index (χ2n) is 6.01. The molecule has 5 heteroatoms. The van der Waals surface area contributed by atoms with Gasteiger partial charge in [0, 0.05) is 18.6 Å². The van der Waals surface area contributed by atoms with Crippen molar-refractivity contribution >= 4 is 9.84 Å². The van der Waals surface area contributed by atoms with E-state index in [9.17, 15) is 8.42 Å². The Labute approximate surface area is 111 Å². The lowest BCUT2D eigenvalue weighted by Gasteiger charge is -2.45. The van der Waals surface area contributed by atoms with Crippen molar-refractivity contribution < 1.29 is 8.42 Å². The summed E-state index contributed by atoms with van der Waals surface area (Å²) in [6, 6.07) is 0. The Morgan fingerprint density at radius 3 is 2.61 bits per heavy atom. The first-order chi connectivity index (χ1) is 8.51. The minimum Gasteiger partial charge on any atom is -0.329 e. The van der Waals surface area contributed by atoms with Crippen LogP contribution in [0.15, 0.2) is 0 Å². The highest BCUT2D eigenvalue weighted by molar-refractivity contribution is 7.91. The Balaban J connectivity index is 2.15. The van der Waals surface area contributed by atoms with Crippen LogP contribution in [0, 0.1) is 5.92 Å². The third-order valence-corrected chi connectivity index (χ3v) is 6.19. The molecular formula is C13H26N2O2S. The van der Waals surface area contributed by atoms with Gasteiger partial charge in [-0.15, -0.1) is 0 Å². The van der Waals surface area contributed by atoms with Gasteiger partial charge in [0.1, 0.15) is 0 Å². The van der Waals surface area contributed by atoms with E-state index < -0.39 is 9.84 Å². The summed E-state index contributed by atoms with van der Waals surface area (Å²) in [5, 5.41) is 0. The van der Waals surface area contributed by atoms with Crippen molar-refractivity contribution in [2.24, 2.45) is 11.7 Å². The van der Waals surface area contributed by atoms with Crippen LogP contribution in [0.5, 0.6) is 0 Å². The lowest BCUT2D eigenvalue weighted by atomic mass is 9.92. The molecule has 0 spiro atoms. The minimum atomic E-state index is -2.90. The van der Waals surface area contributed by atoms with E-state index in [1.54, 1.807) is 0 Å². The van der Waals surface area contributed by atoms with Gasteiger partial charge in [-0.2, -0.15) is 0 Å². The molecule has 4 nitrogen and oxygen atoms in total. The molecule has 2 fully saturated rings. The van der Waals surface area contributed by atoms with Crippen molar-refractivity contribution in [3.8, 4) is 0 Å².